The van der Waals surface area contributed by atoms with Gasteiger partial charge in [-0.2, -0.15) is 0 Å². The van der Waals surface area contributed by atoms with Crippen molar-refractivity contribution in [2.75, 3.05) is 32.1 Å². The Bertz CT molecular complexity index is 528. The van der Waals surface area contributed by atoms with Crippen molar-refractivity contribution >= 4 is 23.3 Å². The number of hydrogen-bond acceptors (Lipinski definition) is 5. The summed E-state index contributed by atoms with van der Waals surface area (Å²) in [7, 11) is 1.30. The van der Waals surface area contributed by atoms with E-state index in [9.17, 15) is 14.4 Å². The van der Waals surface area contributed by atoms with Crippen molar-refractivity contribution < 1.29 is 19.1 Å². The molecule has 0 bridgehead atoms. The van der Waals surface area contributed by atoms with Gasteiger partial charge in [0.05, 0.1) is 25.9 Å². The van der Waals surface area contributed by atoms with Gasteiger partial charge >= 0.3 is 5.97 Å². The summed E-state index contributed by atoms with van der Waals surface area (Å²) in [4.78, 5) is 36.4. The fraction of sp³-hybridized carbons (Fsp3) is 0.400. The summed E-state index contributed by atoms with van der Waals surface area (Å²) in [5.41, 5.74) is 0.936. The van der Waals surface area contributed by atoms with Crippen molar-refractivity contribution in [3.63, 3.8) is 0 Å². The first-order valence-corrected chi connectivity index (χ1v) is 6.66. The minimum atomic E-state index is -0.395. The molecule has 0 aliphatic rings. The van der Waals surface area contributed by atoms with Gasteiger partial charge < -0.3 is 10.1 Å². The third-order valence-electron chi connectivity index (χ3n) is 2.98. The van der Waals surface area contributed by atoms with Gasteiger partial charge in [0.25, 0.3) is 0 Å². The lowest BCUT2D eigenvalue weighted by molar-refractivity contribution is -0.142. The molecule has 0 fully saturated rings. The number of Topliss-reactive ketones (excluding diaryl/α,β-unsaturated/α-hetero) is 1. The molecule has 0 spiro atoms. The number of likely N-dealkylation sites (N-methyl/N-ethyl adjacent to an activating group) is 1. The zero-order valence-electron chi connectivity index (χ0n) is 12.5. The Hall–Kier alpha value is -2.21. The van der Waals surface area contributed by atoms with E-state index in [1.165, 1.54) is 14.0 Å². The molecule has 0 aliphatic carbocycles. The highest BCUT2D eigenvalue weighted by Gasteiger charge is 2.15. The van der Waals surface area contributed by atoms with Crippen molar-refractivity contribution in [3.8, 4) is 0 Å². The monoisotopic (exact) mass is 292 g/mol. The van der Waals surface area contributed by atoms with Crippen LogP contribution in [-0.2, 0) is 14.3 Å². The number of carbonyl (C=O) groups excluding carboxylic acids is 3. The second-order valence-corrected chi connectivity index (χ2v) is 4.53. The maximum Gasteiger partial charge on any atom is 0.319 e. The molecule has 21 heavy (non-hydrogen) atoms. The van der Waals surface area contributed by atoms with Crippen LogP contribution in [0.15, 0.2) is 24.3 Å². The molecule has 1 aromatic carbocycles. The molecule has 0 radical (unpaired) electrons. The van der Waals surface area contributed by atoms with E-state index in [2.05, 4.69) is 10.1 Å². The molecular formula is C15H20N2O4. The van der Waals surface area contributed by atoms with Crippen LogP contribution in [-0.4, -0.2) is 49.3 Å². The van der Waals surface area contributed by atoms with Gasteiger partial charge in [0.1, 0.15) is 0 Å². The zero-order valence-corrected chi connectivity index (χ0v) is 12.5. The number of amides is 1. The van der Waals surface area contributed by atoms with Crippen molar-refractivity contribution in [3.05, 3.63) is 29.8 Å². The molecule has 0 saturated heterocycles. The third-order valence-corrected chi connectivity index (χ3v) is 2.98. The Kier molecular flexibility index (Phi) is 6.55. The Labute approximate surface area is 124 Å². The topological polar surface area (TPSA) is 75.7 Å². The number of esters is 1. The number of nitrogens with zero attached hydrogens (tertiary/aromatic N) is 1. The van der Waals surface area contributed by atoms with Gasteiger partial charge in [0.2, 0.25) is 5.91 Å². The molecule has 6 nitrogen and oxygen atoms in total. The van der Waals surface area contributed by atoms with Crippen molar-refractivity contribution in [2.45, 2.75) is 13.8 Å². The molecule has 6 heteroatoms. The number of methoxy groups -OCH3 is 1. The second-order valence-electron chi connectivity index (χ2n) is 4.53. The summed E-state index contributed by atoms with van der Waals surface area (Å²) in [6.07, 6.45) is 0. The van der Waals surface area contributed by atoms with E-state index in [1.54, 1.807) is 29.2 Å². The highest BCUT2D eigenvalue weighted by atomic mass is 16.5. The number of anilines is 1. The van der Waals surface area contributed by atoms with Crippen LogP contribution in [0, 0.1) is 0 Å². The van der Waals surface area contributed by atoms with E-state index >= 15 is 0 Å². The Morgan fingerprint density at radius 2 is 1.86 bits per heavy atom. The van der Waals surface area contributed by atoms with Crippen LogP contribution in [0.5, 0.6) is 0 Å². The summed E-state index contributed by atoms with van der Waals surface area (Å²) in [5.74, 6) is -0.795. The average Bonchev–Trinajstić information content (AvgIpc) is 2.46. The van der Waals surface area contributed by atoms with Crippen LogP contribution in [0.25, 0.3) is 0 Å². The average molecular weight is 292 g/mol. The number of rotatable bonds is 7. The van der Waals surface area contributed by atoms with Gasteiger partial charge in [0, 0.05) is 5.56 Å². The van der Waals surface area contributed by atoms with Gasteiger partial charge in [-0.25, -0.2) is 0 Å². The summed E-state index contributed by atoms with van der Waals surface area (Å²) in [5, 5.41) is 2.69. The lowest BCUT2D eigenvalue weighted by atomic mass is 10.1. The smallest absolute Gasteiger partial charge is 0.319 e. The maximum absolute atomic E-state index is 12.0. The largest absolute Gasteiger partial charge is 0.468 e. The first-order chi connectivity index (χ1) is 9.97. The quantitative estimate of drug-likeness (QED) is 0.606. The van der Waals surface area contributed by atoms with Crippen LogP contribution in [0.2, 0.25) is 0 Å². The van der Waals surface area contributed by atoms with Gasteiger partial charge in [-0.3, -0.25) is 19.3 Å². The number of para-hydroxylation sites is 1. The van der Waals surface area contributed by atoms with Gasteiger partial charge in [-0.05, 0) is 25.6 Å². The third kappa shape index (κ3) is 5.35. The number of ether oxygens (including phenoxy) is 1. The Morgan fingerprint density at radius 1 is 1.19 bits per heavy atom. The fourth-order valence-electron chi connectivity index (χ4n) is 1.82. The minimum absolute atomic E-state index is 0.0504. The molecule has 0 unspecified atom stereocenters. The van der Waals surface area contributed by atoms with Gasteiger partial charge in [0.15, 0.2) is 5.78 Å². The minimum Gasteiger partial charge on any atom is -0.468 e. The van der Waals surface area contributed by atoms with Crippen molar-refractivity contribution in [1.82, 2.24) is 4.90 Å². The van der Waals surface area contributed by atoms with Crippen LogP contribution < -0.4 is 5.32 Å². The summed E-state index contributed by atoms with van der Waals surface area (Å²) >= 11 is 0. The highest BCUT2D eigenvalue weighted by Crippen LogP contribution is 2.15. The Balaban J connectivity index is 2.69. The summed E-state index contributed by atoms with van der Waals surface area (Å²) in [6, 6.07) is 6.81. The van der Waals surface area contributed by atoms with E-state index in [0.717, 1.165) is 0 Å². The molecule has 1 N–H and O–H groups in total. The number of hydrogen-bond donors (Lipinski definition) is 1. The Morgan fingerprint density at radius 3 is 2.43 bits per heavy atom. The van der Waals surface area contributed by atoms with Crippen LogP contribution in [0.1, 0.15) is 24.2 Å². The van der Waals surface area contributed by atoms with E-state index in [1.807, 2.05) is 6.92 Å². The van der Waals surface area contributed by atoms with Gasteiger partial charge in [-0.15, -0.1) is 0 Å². The predicted octanol–water partition coefficient (Wildman–Crippen LogP) is 1.32. The van der Waals surface area contributed by atoms with Crippen LogP contribution in [0.4, 0.5) is 5.69 Å². The second kappa shape index (κ2) is 8.16. The standard InChI is InChI=1S/C15H20N2O4/c1-4-17(10-15(20)21-3)9-14(19)16-13-8-6-5-7-12(13)11(2)18/h5-8H,4,9-10H2,1-3H3,(H,16,19). The molecule has 114 valence electrons. The number of nitrogens with one attached hydrogen (secondary N) is 1. The maximum atomic E-state index is 12.0. The van der Waals surface area contributed by atoms with Crippen LogP contribution in [0.3, 0.4) is 0 Å². The zero-order chi connectivity index (χ0) is 15.8. The lowest BCUT2D eigenvalue weighted by Gasteiger charge is -2.18. The molecule has 1 amide bonds. The molecule has 1 aromatic rings. The molecule has 0 atom stereocenters. The molecule has 0 saturated carbocycles. The molecule has 0 aliphatic heterocycles. The number of carbonyl (C=O) groups is 3. The summed E-state index contributed by atoms with van der Waals surface area (Å²) < 4.78 is 4.58. The molecule has 0 heterocycles. The van der Waals surface area contributed by atoms with E-state index in [-0.39, 0.29) is 24.8 Å². The fourth-order valence-corrected chi connectivity index (χ4v) is 1.82. The normalized spacial score (nSPS) is 10.3. The van der Waals surface area contributed by atoms with E-state index in [0.29, 0.717) is 17.8 Å². The van der Waals surface area contributed by atoms with E-state index < -0.39 is 5.97 Å². The summed E-state index contributed by atoms with van der Waals surface area (Å²) in [6.45, 7) is 3.93. The van der Waals surface area contributed by atoms with Crippen LogP contribution >= 0.6 is 0 Å². The highest BCUT2D eigenvalue weighted by molar-refractivity contribution is 6.04. The van der Waals surface area contributed by atoms with Crippen molar-refractivity contribution in [2.24, 2.45) is 0 Å². The van der Waals surface area contributed by atoms with Gasteiger partial charge in [-0.1, -0.05) is 19.1 Å². The molecule has 1 rings (SSSR count). The number of ketones is 1. The SMILES string of the molecule is CCN(CC(=O)Nc1ccccc1C(C)=O)CC(=O)OC. The van der Waals surface area contributed by atoms with Crippen molar-refractivity contribution in [1.29, 1.82) is 0 Å². The first-order valence-electron chi connectivity index (χ1n) is 6.66. The first kappa shape index (κ1) is 16.8. The molecular weight excluding hydrogens is 272 g/mol. The lowest BCUT2D eigenvalue weighted by Crippen LogP contribution is -2.37. The predicted molar refractivity (Wildman–Crippen MR) is 79.2 cm³/mol. The number of benzene rings is 1. The molecule has 0 aromatic heterocycles. The van der Waals surface area contributed by atoms with E-state index in [4.69, 9.17) is 0 Å².